The van der Waals surface area contributed by atoms with Gasteiger partial charge in [-0.1, -0.05) is 0 Å². The number of nitrogens with one attached hydrogen (secondary N) is 2. The molecule has 0 radical (unpaired) electrons. The molecule has 2 aliphatic carbocycles. The molecule has 0 unspecified atom stereocenters. The Balaban J connectivity index is 1.46. The van der Waals surface area contributed by atoms with Gasteiger partial charge in [-0.2, -0.15) is 0 Å². The molecule has 0 bridgehead atoms. The minimum atomic E-state index is -0.259. The summed E-state index contributed by atoms with van der Waals surface area (Å²) in [5, 5.41) is 2.90. The molecule has 2 saturated carbocycles. The molecular weight excluding hydrogens is 258 g/mol. The predicted octanol–water partition coefficient (Wildman–Crippen LogP) is 0.414. The number of rotatable bonds is 4. The Morgan fingerprint density at radius 3 is 3.05 bits per heavy atom. The van der Waals surface area contributed by atoms with Gasteiger partial charge in [0.05, 0.1) is 13.2 Å². The fourth-order valence-electron chi connectivity index (χ4n) is 3.01. The van der Waals surface area contributed by atoms with Crippen LogP contribution in [0.25, 0.3) is 0 Å². The molecule has 106 valence electrons. The van der Waals surface area contributed by atoms with E-state index in [1.165, 1.54) is 6.07 Å². The monoisotopic (exact) mass is 275 g/mol. The molecule has 3 fully saturated rings. The molecule has 20 heavy (non-hydrogen) atoms. The third-order valence-corrected chi connectivity index (χ3v) is 4.63. The quantitative estimate of drug-likeness (QED) is 0.833. The van der Waals surface area contributed by atoms with E-state index in [1.54, 1.807) is 0 Å². The average molecular weight is 275 g/mol. The van der Waals surface area contributed by atoms with E-state index in [-0.39, 0.29) is 22.6 Å². The highest BCUT2D eigenvalue weighted by molar-refractivity contribution is 5.92. The number of amides is 1. The van der Waals surface area contributed by atoms with Crippen LogP contribution < -0.4 is 10.9 Å². The van der Waals surface area contributed by atoms with Crippen molar-refractivity contribution in [2.24, 2.45) is 11.3 Å². The molecule has 1 aromatic rings. The van der Waals surface area contributed by atoms with Crippen LogP contribution in [0.15, 0.2) is 10.9 Å². The Hall–Kier alpha value is -1.69. The van der Waals surface area contributed by atoms with Crippen molar-refractivity contribution in [3.05, 3.63) is 27.9 Å². The lowest BCUT2D eigenvalue weighted by Crippen LogP contribution is -2.33. The largest absolute Gasteiger partial charge is 0.380 e. The Morgan fingerprint density at radius 1 is 1.55 bits per heavy atom. The molecule has 0 spiro atoms. The van der Waals surface area contributed by atoms with Crippen molar-refractivity contribution in [2.75, 3.05) is 19.8 Å². The van der Waals surface area contributed by atoms with Gasteiger partial charge >= 0.3 is 0 Å². The number of carbonyl (C=O) groups excluding carboxylic acids is 1. The van der Waals surface area contributed by atoms with Crippen molar-refractivity contribution in [2.45, 2.75) is 25.2 Å². The molecule has 4 rings (SSSR count). The van der Waals surface area contributed by atoms with Crippen molar-refractivity contribution in [3.8, 4) is 0 Å². The number of aromatic amines is 1. The lowest BCUT2D eigenvalue weighted by atomic mass is 10.1. The summed E-state index contributed by atoms with van der Waals surface area (Å²) in [6.07, 6.45) is 3.20. The third kappa shape index (κ3) is 2.04. The Morgan fingerprint density at radius 2 is 2.40 bits per heavy atom. The van der Waals surface area contributed by atoms with E-state index in [0.717, 1.165) is 32.5 Å². The van der Waals surface area contributed by atoms with E-state index in [4.69, 9.17) is 4.74 Å². The van der Waals surface area contributed by atoms with Crippen molar-refractivity contribution in [1.82, 2.24) is 15.3 Å². The summed E-state index contributed by atoms with van der Waals surface area (Å²) < 4.78 is 5.40. The van der Waals surface area contributed by atoms with Crippen molar-refractivity contribution >= 4 is 5.91 Å². The van der Waals surface area contributed by atoms with E-state index in [0.29, 0.717) is 24.2 Å². The smallest absolute Gasteiger partial charge is 0.270 e. The molecule has 1 aliphatic heterocycles. The lowest BCUT2D eigenvalue weighted by Gasteiger charge is -2.12. The molecule has 2 heterocycles. The summed E-state index contributed by atoms with van der Waals surface area (Å²) in [5.41, 5.74) is 0.123. The lowest BCUT2D eigenvalue weighted by molar-refractivity contribution is 0.0928. The van der Waals surface area contributed by atoms with Gasteiger partial charge in [-0.15, -0.1) is 0 Å². The number of H-pyrrole nitrogens is 1. The van der Waals surface area contributed by atoms with Crippen LogP contribution in [0.1, 0.15) is 41.5 Å². The van der Waals surface area contributed by atoms with Crippen LogP contribution in [0.4, 0.5) is 0 Å². The fourth-order valence-corrected chi connectivity index (χ4v) is 3.01. The van der Waals surface area contributed by atoms with Crippen molar-refractivity contribution < 1.29 is 9.53 Å². The highest BCUT2D eigenvalue weighted by atomic mass is 16.5. The maximum absolute atomic E-state index is 12.1. The molecule has 6 nitrogen and oxygen atoms in total. The van der Waals surface area contributed by atoms with Crippen LogP contribution in [-0.2, 0) is 4.74 Å². The maximum Gasteiger partial charge on any atom is 0.270 e. The number of hydrogen-bond acceptors (Lipinski definition) is 4. The summed E-state index contributed by atoms with van der Waals surface area (Å²) in [4.78, 5) is 30.7. The van der Waals surface area contributed by atoms with Gasteiger partial charge in [-0.25, -0.2) is 4.98 Å². The van der Waals surface area contributed by atoms with Gasteiger partial charge < -0.3 is 15.0 Å². The molecule has 2 N–H and O–H groups in total. The van der Waals surface area contributed by atoms with Crippen molar-refractivity contribution in [3.63, 3.8) is 0 Å². The molecule has 1 saturated heterocycles. The van der Waals surface area contributed by atoms with Gasteiger partial charge in [-0.3, -0.25) is 9.59 Å². The molecule has 6 heteroatoms. The van der Waals surface area contributed by atoms with Crippen LogP contribution >= 0.6 is 0 Å². The van der Waals surface area contributed by atoms with Crippen LogP contribution in [-0.4, -0.2) is 35.6 Å². The number of nitrogens with zero attached hydrogens (tertiary/aromatic N) is 1. The van der Waals surface area contributed by atoms with E-state index in [2.05, 4.69) is 15.3 Å². The molecule has 2 atom stereocenters. The zero-order valence-corrected chi connectivity index (χ0v) is 11.1. The Bertz CT molecular complexity index is 622. The molecule has 0 aromatic carbocycles. The van der Waals surface area contributed by atoms with Crippen LogP contribution in [0.5, 0.6) is 0 Å². The highest BCUT2D eigenvalue weighted by Gasteiger charge is 2.58. The zero-order chi connectivity index (χ0) is 13.7. The first-order chi connectivity index (χ1) is 9.66. The van der Waals surface area contributed by atoms with Gasteiger partial charge in [0.1, 0.15) is 11.5 Å². The number of carbonyl (C=O) groups is 1. The summed E-state index contributed by atoms with van der Waals surface area (Å²) in [6, 6.07) is 1.27. The van der Waals surface area contributed by atoms with Gasteiger partial charge in [0.15, 0.2) is 0 Å². The van der Waals surface area contributed by atoms with E-state index >= 15 is 0 Å². The second-order valence-electron chi connectivity index (χ2n) is 6.25. The highest BCUT2D eigenvalue weighted by Crippen LogP contribution is 2.56. The van der Waals surface area contributed by atoms with Crippen LogP contribution in [0.3, 0.4) is 0 Å². The van der Waals surface area contributed by atoms with Crippen LogP contribution in [0.2, 0.25) is 0 Å². The second kappa shape index (κ2) is 4.15. The van der Waals surface area contributed by atoms with Gasteiger partial charge in [0.2, 0.25) is 0 Å². The second-order valence-corrected chi connectivity index (χ2v) is 6.25. The summed E-state index contributed by atoms with van der Waals surface area (Å²) >= 11 is 0. The zero-order valence-electron chi connectivity index (χ0n) is 11.1. The summed E-state index contributed by atoms with van der Waals surface area (Å²) in [6.45, 7) is 2.16. The minimum absolute atomic E-state index is 0.149. The third-order valence-electron chi connectivity index (χ3n) is 4.63. The van der Waals surface area contributed by atoms with E-state index in [9.17, 15) is 9.59 Å². The SMILES string of the molecule is O=C(NC[C@@]12COC[C@@H]1C2)c1cc(=O)[nH]c(C2CC2)n1. The number of ether oxygens (including phenoxy) is 1. The van der Waals surface area contributed by atoms with Gasteiger partial charge in [0, 0.05) is 23.9 Å². The van der Waals surface area contributed by atoms with E-state index < -0.39 is 0 Å². The number of aromatic nitrogens is 2. The first-order valence-electron chi connectivity index (χ1n) is 7.13. The molecule has 1 amide bonds. The van der Waals surface area contributed by atoms with E-state index in [1.807, 2.05) is 0 Å². The predicted molar refractivity (Wildman–Crippen MR) is 70.5 cm³/mol. The summed E-state index contributed by atoms with van der Waals surface area (Å²) in [5.74, 6) is 1.31. The normalized spacial score (nSPS) is 30.9. The fraction of sp³-hybridized carbons (Fsp3) is 0.643. The first-order valence-corrected chi connectivity index (χ1v) is 7.13. The average Bonchev–Trinajstić information content (AvgIpc) is 3.35. The summed E-state index contributed by atoms with van der Waals surface area (Å²) in [7, 11) is 0. The maximum atomic E-state index is 12.1. The molecule has 1 aromatic heterocycles. The minimum Gasteiger partial charge on any atom is -0.380 e. The van der Waals surface area contributed by atoms with Gasteiger partial charge in [0.25, 0.3) is 11.5 Å². The number of fused-ring (bicyclic) bond motifs is 1. The van der Waals surface area contributed by atoms with Gasteiger partial charge in [-0.05, 0) is 25.2 Å². The molecule has 3 aliphatic rings. The number of hydrogen-bond donors (Lipinski definition) is 2. The van der Waals surface area contributed by atoms with Crippen molar-refractivity contribution in [1.29, 1.82) is 0 Å². The molecular formula is C14H17N3O3. The standard InChI is InChI=1S/C14H17N3O3/c18-11-3-10(16-12(17-11)8-1-2-8)13(19)15-6-14-4-9(14)5-20-7-14/h3,8-9H,1-2,4-7H2,(H,15,19)(H,16,17,18)/t9-,14-/m0/s1. The Labute approximate surface area is 115 Å². The Kier molecular flexibility index (Phi) is 2.51. The topological polar surface area (TPSA) is 84.1 Å². The first kappa shape index (κ1) is 12.1. The van der Waals surface area contributed by atoms with Crippen LogP contribution in [0, 0.1) is 11.3 Å².